The van der Waals surface area contributed by atoms with Crippen molar-refractivity contribution in [3.05, 3.63) is 18.6 Å². The van der Waals surface area contributed by atoms with Crippen LogP contribution in [-0.4, -0.2) is 45.5 Å². The standard InChI is InChI=1S/C8H12N5OP/c14-15(12-3-4-12,13-5-6-13)11-8-1-2-9-7-10-8/h1-2,7H,3-6H2,(H,9,10,11,14). The summed E-state index contributed by atoms with van der Waals surface area (Å²) in [6.07, 6.45) is 3.10. The van der Waals surface area contributed by atoms with E-state index in [0.717, 1.165) is 26.2 Å². The third-order valence-electron chi connectivity index (χ3n) is 2.46. The molecule has 0 bridgehead atoms. The van der Waals surface area contributed by atoms with Crippen molar-refractivity contribution in [3.8, 4) is 0 Å². The quantitative estimate of drug-likeness (QED) is 0.599. The zero-order valence-corrected chi connectivity index (χ0v) is 9.10. The van der Waals surface area contributed by atoms with Crippen LogP contribution in [0.1, 0.15) is 0 Å². The van der Waals surface area contributed by atoms with Gasteiger partial charge in [0.15, 0.2) is 0 Å². The normalized spacial score (nSPS) is 21.3. The van der Waals surface area contributed by atoms with E-state index in [4.69, 9.17) is 0 Å². The lowest BCUT2D eigenvalue weighted by atomic mass is 10.6. The average molecular weight is 225 g/mol. The first-order chi connectivity index (χ1) is 7.29. The predicted octanol–water partition coefficient (Wildman–Crippen LogP) is 0.628. The van der Waals surface area contributed by atoms with Gasteiger partial charge in [0.1, 0.15) is 12.1 Å². The Morgan fingerprint density at radius 3 is 2.40 bits per heavy atom. The lowest BCUT2D eigenvalue weighted by Crippen LogP contribution is -2.13. The number of hydrogen-bond acceptors (Lipinski definition) is 3. The van der Waals surface area contributed by atoms with Crippen LogP contribution in [0.3, 0.4) is 0 Å². The third-order valence-corrected chi connectivity index (χ3v) is 5.31. The van der Waals surface area contributed by atoms with E-state index in [-0.39, 0.29) is 0 Å². The number of rotatable bonds is 4. The van der Waals surface area contributed by atoms with Crippen molar-refractivity contribution < 1.29 is 4.57 Å². The molecule has 1 aromatic heterocycles. The number of nitrogens with one attached hydrogen (secondary N) is 1. The van der Waals surface area contributed by atoms with Gasteiger partial charge in [-0.25, -0.2) is 19.3 Å². The van der Waals surface area contributed by atoms with E-state index < -0.39 is 7.59 Å². The SMILES string of the molecule is O=P(Nc1ccncn1)(N1CC1)N1CC1. The monoisotopic (exact) mass is 225 g/mol. The smallest absolute Gasteiger partial charge is 0.297 e. The van der Waals surface area contributed by atoms with Gasteiger partial charge < -0.3 is 0 Å². The fourth-order valence-corrected chi connectivity index (χ4v) is 3.79. The largest absolute Gasteiger partial charge is 0.309 e. The zero-order chi connectivity index (χ0) is 10.3. The van der Waals surface area contributed by atoms with E-state index in [9.17, 15) is 4.57 Å². The summed E-state index contributed by atoms with van der Waals surface area (Å²) in [6, 6.07) is 1.74. The number of nitrogens with zero attached hydrogens (tertiary/aromatic N) is 4. The molecule has 0 unspecified atom stereocenters. The van der Waals surface area contributed by atoms with Gasteiger partial charge in [-0.05, 0) is 6.07 Å². The first kappa shape index (κ1) is 9.27. The van der Waals surface area contributed by atoms with Gasteiger partial charge >= 0.3 is 7.59 Å². The fraction of sp³-hybridized carbons (Fsp3) is 0.500. The van der Waals surface area contributed by atoms with Crippen LogP contribution >= 0.6 is 7.59 Å². The van der Waals surface area contributed by atoms with Gasteiger partial charge in [-0.15, -0.1) is 0 Å². The van der Waals surface area contributed by atoms with Gasteiger partial charge in [-0.2, -0.15) is 0 Å². The van der Waals surface area contributed by atoms with Gasteiger partial charge in [-0.3, -0.25) is 9.65 Å². The van der Waals surface area contributed by atoms with Crippen LogP contribution in [0.2, 0.25) is 0 Å². The predicted molar refractivity (Wildman–Crippen MR) is 56.4 cm³/mol. The molecule has 2 saturated heterocycles. The highest BCUT2D eigenvalue weighted by molar-refractivity contribution is 7.61. The van der Waals surface area contributed by atoms with Gasteiger partial charge in [0, 0.05) is 32.4 Å². The second-order valence-corrected chi connectivity index (χ2v) is 6.10. The molecule has 15 heavy (non-hydrogen) atoms. The first-order valence-electron chi connectivity index (χ1n) is 4.94. The van der Waals surface area contributed by atoms with E-state index in [1.165, 1.54) is 6.33 Å². The van der Waals surface area contributed by atoms with Gasteiger partial charge in [-0.1, -0.05) is 0 Å². The molecule has 2 aliphatic heterocycles. The minimum absolute atomic E-state index is 0.632. The van der Waals surface area contributed by atoms with Crippen molar-refractivity contribution in [2.75, 3.05) is 31.3 Å². The molecule has 0 atom stereocenters. The number of hydrogen-bond donors (Lipinski definition) is 1. The molecule has 1 aromatic rings. The van der Waals surface area contributed by atoms with Crippen LogP contribution < -0.4 is 5.09 Å². The van der Waals surface area contributed by atoms with Gasteiger partial charge in [0.25, 0.3) is 0 Å². The Morgan fingerprint density at radius 1 is 1.27 bits per heavy atom. The molecular weight excluding hydrogens is 213 g/mol. The maximum absolute atomic E-state index is 12.6. The summed E-state index contributed by atoms with van der Waals surface area (Å²) in [5, 5.41) is 3.04. The molecule has 3 rings (SSSR count). The van der Waals surface area contributed by atoms with Crippen molar-refractivity contribution in [3.63, 3.8) is 0 Å². The summed E-state index contributed by atoms with van der Waals surface area (Å²) in [4.78, 5) is 7.86. The van der Waals surface area contributed by atoms with E-state index in [1.807, 2.05) is 9.34 Å². The Hall–Kier alpha value is -0.970. The van der Waals surface area contributed by atoms with E-state index >= 15 is 0 Å². The van der Waals surface area contributed by atoms with Gasteiger partial charge in [0.05, 0.1) is 0 Å². The molecule has 80 valence electrons. The molecule has 0 amide bonds. The molecule has 3 heterocycles. The molecule has 2 aliphatic rings. The summed E-state index contributed by atoms with van der Waals surface area (Å²) in [5.41, 5.74) is 0. The topological polar surface area (TPSA) is 60.9 Å². The van der Waals surface area contributed by atoms with Crippen LogP contribution in [0, 0.1) is 0 Å². The Morgan fingerprint density at radius 2 is 1.93 bits per heavy atom. The summed E-state index contributed by atoms with van der Waals surface area (Å²) in [6.45, 7) is 3.63. The molecule has 6 nitrogen and oxygen atoms in total. The van der Waals surface area contributed by atoms with Crippen molar-refractivity contribution in [2.24, 2.45) is 0 Å². The highest BCUT2D eigenvalue weighted by Gasteiger charge is 2.48. The number of anilines is 1. The highest BCUT2D eigenvalue weighted by Crippen LogP contribution is 2.59. The fourth-order valence-electron chi connectivity index (χ4n) is 1.46. The molecule has 7 heteroatoms. The zero-order valence-electron chi connectivity index (χ0n) is 8.20. The molecule has 0 saturated carbocycles. The van der Waals surface area contributed by atoms with E-state index in [2.05, 4.69) is 15.1 Å². The lowest BCUT2D eigenvalue weighted by molar-refractivity contribution is 0.524. The van der Waals surface area contributed by atoms with Crippen LogP contribution in [0.5, 0.6) is 0 Å². The summed E-state index contributed by atoms with van der Waals surface area (Å²) in [5.74, 6) is 0.632. The summed E-state index contributed by atoms with van der Waals surface area (Å²) < 4.78 is 16.5. The Labute approximate surface area is 87.8 Å². The molecular formula is C8H12N5OP. The minimum Gasteiger partial charge on any atom is -0.297 e. The van der Waals surface area contributed by atoms with Crippen LogP contribution in [0.15, 0.2) is 18.6 Å². The van der Waals surface area contributed by atoms with E-state index in [1.54, 1.807) is 12.3 Å². The molecule has 0 aromatic carbocycles. The number of aromatic nitrogens is 2. The van der Waals surface area contributed by atoms with Crippen molar-refractivity contribution in [2.45, 2.75) is 0 Å². The minimum atomic E-state index is -2.54. The Bertz CT molecular complexity index is 387. The lowest BCUT2D eigenvalue weighted by Gasteiger charge is -2.20. The maximum Gasteiger partial charge on any atom is 0.309 e. The second-order valence-electron chi connectivity index (χ2n) is 3.66. The second kappa shape index (κ2) is 3.27. The molecule has 2 fully saturated rings. The van der Waals surface area contributed by atoms with Crippen molar-refractivity contribution in [1.29, 1.82) is 0 Å². The Balaban J connectivity index is 1.82. The van der Waals surface area contributed by atoms with Crippen molar-refractivity contribution in [1.82, 2.24) is 19.3 Å². The first-order valence-corrected chi connectivity index (χ1v) is 6.55. The summed E-state index contributed by atoms with van der Waals surface area (Å²) >= 11 is 0. The van der Waals surface area contributed by atoms with Crippen LogP contribution in [-0.2, 0) is 4.57 Å². The van der Waals surface area contributed by atoms with Crippen LogP contribution in [0.25, 0.3) is 0 Å². The molecule has 1 N–H and O–H groups in total. The average Bonchev–Trinajstić information content (AvgIpc) is 3.09. The van der Waals surface area contributed by atoms with Crippen LogP contribution in [0.4, 0.5) is 5.82 Å². The highest BCUT2D eigenvalue weighted by atomic mass is 31.2. The molecule has 0 aliphatic carbocycles. The molecule has 0 radical (unpaired) electrons. The Kier molecular flexibility index (Phi) is 2.02. The van der Waals surface area contributed by atoms with Gasteiger partial charge in [0.2, 0.25) is 0 Å². The summed E-state index contributed by atoms with van der Waals surface area (Å²) in [7, 11) is -2.54. The van der Waals surface area contributed by atoms with E-state index in [0.29, 0.717) is 5.82 Å². The molecule has 0 spiro atoms. The van der Waals surface area contributed by atoms with Crippen molar-refractivity contribution >= 4 is 13.4 Å². The third kappa shape index (κ3) is 1.76. The maximum atomic E-state index is 12.6.